The van der Waals surface area contributed by atoms with E-state index >= 15 is 0 Å². The van der Waals surface area contributed by atoms with Crippen LogP contribution < -0.4 is 4.74 Å². The lowest BCUT2D eigenvalue weighted by molar-refractivity contribution is -0.136. The van der Waals surface area contributed by atoms with E-state index in [2.05, 4.69) is 4.99 Å². The van der Waals surface area contributed by atoms with E-state index < -0.39 is 17.3 Å². The number of aliphatic imine (C=N–C) groups is 1. The first-order chi connectivity index (χ1) is 12.8. The van der Waals surface area contributed by atoms with Crippen molar-refractivity contribution >= 4 is 23.2 Å². The summed E-state index contributed by atoms with van der Waals surface area (Å²) >= 11 is 0. The Morgan fingerprint density at radius 2 is 1.93 bits per heavy atom. The number of para-hydroxylation sites is 2. The third kappa shape index (κ3) is 4.21. The van der Waals surface area contributed by atoms with Gasteiger partial charge in [-0.2, -0.15) is 0 Å². The maximum absolute atomic E-state index is 12.6. The van der Waals surface area contributed by atoms with Crippen LogP contribution in [0.1, 0.15) is 40.0 Å². The summed E-state index contributed by atoms with van der Waals surface area (Å²) in [6.07, 6.45) is 1.36. The molecule has 1 aromatic rings. The molecule has 1 aromatic carbocycles. The van der Waals surface area contributed by atoms with Crippen molar-refractivity contribution in [2.24, 2.45) is 16.3 Å². The number of nitrogens with zero attached hydrogens (tertiary/aromatic N) is 1. The average molecular weight is 373 g/mol. The van der Waals surface area contributed by atoms with E-state index in [0.29, 0.717) is 36.4 Å². The number of Topliss-reactive ketones (excluding diaryl/α,β-unsaturated/α-hetero) is 1. The van der Waals surface area contributed by atoms with Gasteiger partial charge < -0.3 is 14.6 Å². The molecule has 0 amide bonds. The van der Waals surface area contributed by atoms with Gasteiger partial charge in [-0.05, 0) is 30.4 Å². The first-order valence-corrected chi connectivity index (χ1v) is 9.01. The zero-order chi connectivity index (χ0) is 20.2. The highest BCUT2D eigenvalue weighted by Crippen LogP contribution is 2.44. The van der Waals surface area contributed by atoms with Crippen LogP contribution in [-0.2, 0) is 14.3 Å². The molecule has 27 heavy (non-hydrogen) atoms. The van der Waals surface area contributed by atoms with Gasteiger partial charge >= 0.3 is 5.97 Å². The number of hydrogen-bond acceptors (Lipinski definition) is 6. The van der Waals surface area contributed by atoms with Gasteiger partial charge in [-0.15, -0.1) is 0 Å². The number of ketones is 1. The fourth-order valence-electron chi connectivity index (χ4n) is 3.55. The van der Waals surface area contributed by atoms with E-state index in [-0.39, 0.29) is 17.1 Å². The summed E-state index contributed by atoms with van der Waals surface area (Å²) in [5, 5.41) is 10.9. The highest BCUT2D eigenvalue weighted by atomic mass is 16.5. The lowest BCUT2D eigenvalue weighted by atomic mass is 9.66. The van der Waals surface area contributed by atoms with Gasteiger partial charge in [0.25, 0.3) is 0 Å². The van der Waals surface area contributed by atoms with Crippen molar-refractivity contribution < 1.29 is 24.2 Å². The van der Waals surface area contributed by atoms with Gasteiger partial charge in [-0.25, -0.2) is 9.79 Å². The van der Waals surface area contributed by atoms with Crippen LogP contribution in [0.2, 0.25) is 0 Å². The molecule has 6 heteroatoms. The highest BCUT2D eigenvalue weighted by molar-refractivity contribution is 6.22. The van der Waals surface area contributed by atoms with Gasteiger partial charge in [0.1, 0.15) is 28.6 Å². The molecular weight excluding hydrogens is 346 g/mol. The van der Waals surface area contributed by atoms with E-state index in [4.69, 9.17) is 9.47 Å². The Balaban J connectivity index is 2.66. The number of aliphatic hydroxyl groups excluding tert-OH is 1. The number of benzene rings is 1. The molecule has 0 heterocycles. The minimum atomic E-state index is -0.761. The Morgan fingerprint density at radius 1 is 1.26 bits per heavy atom. The summed E-state index contributed by atoms with van der Waals surface area (Å²) in [6, 6.07) is 7.16. The van der Waals surface area contributed by atoms with Crippen molar-refractivity contribution in [2.45, 2.75) is 40.0 Å². The van der Waals surface area contributed by atoms with E-state index in [1.165, 1.54) is 14.2 Å². The van der Waals surface area contributed by atoms with Gasteiger partial charge in [0.15, 0.2) is 0 Å². The second-order valence-electron chi connectivity index (χ2n) is 7.30. The summed E-state index contributed by atoms with van der Waals surface area (Å²) in [5.41, 5.74) is 0.305. The zero-order valence-corrected chi connectivity index (χ0v) is 16.5. The largest absolute Gasteiger partial charge is 0.511 e. The fourth-order valence-corrected chi connectivity index (χ4v) is 3.55. The van der Waals surface area contributed by atoms with Gasteiger partial charge in [-0.1, -0.05) is 32.9 Å². The number of methoxy groups -OCH3 is 2. The molecule has 1 aliphatic carbocycles. The Bertz CT molecular complexity index is 792. The Labute approximate surface area is 159 Å². The number of ether oxygens (including phenoxy) is 2. The highest BCUT2D eigenvalue weighted by Gasteiger charge is 2.46. The van der Waals surface area contributed by atoms with E-state index in [1.54, 1.807) is 12.1 Å². The number of carbonyl (C=O) groups is 2. The first-order valence-electron chi connectivity index (χ1n) is 9.01. The molecule has 1 unspecified atom stereocenters. The second kappa shape index (κ2) is 8.37. The molecule has 0 spiro atoms. The Hall–Kier alpha value is -2.63. The quantitative estimate of drug-likeness (QED) is 0.757. The topological polar surface area (TPSA) is 85.2 Å². The smallest absolute Gasteiger partial charge is 0.343 e. The molecule has 2 rings (SSSR count). The number of carbonyl (C=O) groups excluding carboxylic acids is 2. The van der Waals surface area contributed by atoms with Crippen LogP contribution in [0.4, 0.5) is 5.69 Å². The van der Waals surface area contributed by atoms with Crippen LogP contribution in [0, 0.1) is 11.3 Å². The maximum Gasteiger partial charge on any atom is 0.343 e. The van der Waals surface area contributed by atoms with Gasteiger partial charge in [0, 0.05) is 6.42 Å². The molecule has 146 valence electrons. The van der Waals surface area contributed by atoms with Crippen LogP contribution in [0.5, 0.6) is 5.75 Å². The molecule has 0 aromatic heterocycles. The number of rotatable bonds is 6. The standard InChI is InChI=1S/C21H27NO5/c1-6-9-15(23)18-19(24)17(20(25)27-5)14(12-21(18,2)3)22-13-10-7-8-11-16(13)26-4/h7-8,10-11,18,24H,6,9,12H2,1-5H3. The molecule has 1 atom stereocenters. The Morgan fingerprint density at radius 3 is 2.52 bits per heavy atom. The van der Waals surface area contributed by atoms with E-state index in [0.717, 1.165) is 0 Å². The summed E-state index contributed by atoms with van der Waals surface area (Å²) in [4.78, 5) is 29.6. The normalized spacial score (nSPS) is 20.5. The summed E-state index contributed by atoms with van der Waals surface area (Å²) in [6.45, 7) is 5.70. The first kappa shape index (κ1) is 20.7. The van der Waals surface area contributed by atoms with Crippen LogP contribution >= 0.6 is 0 Å². The fraction of sp³-hybridized carbons (Fsp3) is 0.476. The predicted molar refractivity (Wildman–Crippen MR) is 104 cm³/mol. The third-order valence-corrected chi connectivity index (χ3v) is 4.77. The maximum atomic E-state index is 12.6. The molecule has 0 fully saturated rings. The van der Waals surface area contributed by atoms with Crippen molar-refractivity contribution in [3.05, 3.63) is 35.6 Å². The summed E-state index contributed by atoms with van der Waals surface area (Å²) in [5.74, 6) is -1.26. The molecule has 1 aliphatic rings. The van der Waals surface area contributed by atoms with Crippen molar-refractivity contribution in [3.8, 4) is 5.75 Å². The number of hydrogen-bond donors (Lipinski definition) is 1. The molecule has 0 saturated heterocycles. The lowest BCUT2D eigenvalue weighted by Gasteiger charge is -2.38. The SMILES string of the molecule is CCCC(=O)C1C(O)=C(C(=O)OC)C(=Nc2ccccc2OC)CC1(C)C. The van der Waals surface area contributed by atoms with Crippen molar-refractivity contribution in [1.82, 2.24) is 0 Å². The molecule has 0 aliphatic heterocycles. The van der Waals surface area contributed by atoms with E-state index in [1.807, 2.05) is 32.9 Å². The molecule has 0 saturated carbocycles. The lowest BCUT2D eigenvalue weighted by Crippen LogP contribution is -2.41. The molecule has 0 radical (unpaired) electrons. The summed E-state index contributed by atoms with van der Waals surface area (Å²) < 4.78 is 10.2. The zero-order valence-electron chi connectivity index (χ0n) is 16.5. The Kier molecular flexibility index (Phi) is 6.41. The molecular formula is C21H27NO5. The van der Waals surface area contributed by atoms with Crippen molar-refractivity contribution in [2.75, 3.05) is 14.2 Å². The van der Waals surface area contributed by atoms with Crippen molar-refractivity contribution in [1.29, 1.82) is 0 Å². The summed E-state index contributed by atoms with van der Waals surface area (Å²) in [7, 11) is 2.78. The number of allylic oxidation sites excluding steroid dienone is 1. The molecule has 1 N–H and O–H groups in total. The van der Waals surface area contributed by atoms with Crippen LogP contribution in [0.25, 0.3) is 0 Å². The van der Waals surface area contributed by atoms with Crippen LogP contribution in [0.15, 0.2) is 40.6 Å². The minimum absolute atomic E-state index is 0.0304. The van der Waals surface area contributed by atoms with Crippen molar-refractivity contribution in [3.63, 3.8) is 0 Å². The molecule has 0 bridgehead atoms. The second-order valence-corrected chi connectivity index (χ2v) is 7.30. The number of aliphatic hydroxyl groups is 1. The minimum Gasteiger partial charge on any atom is -0.511 e. The number of esters is 1. The molecule has 6 nitrogen and oxygen atoms in total. The predicted octanol–water partition coefficient (Wildman–Crippen LogP) is 4.17. The monoisotopic (exact) mass is 373 g/mol. The average Bonchev–Trinajstić information content (AvgIpc) is 2.61. The van der Waals surface area contributed by atoms with Crippen LogP contribution in [-0.4, -0.2) is 36.8 Å². The van der Waals surface area contributed by atoms with Crippen LogP contribution in [0.3, 0.4) is 0 Å². The van der Waals surface area contributed by atoms with E-state index in [9.17, 15) is 14.7 Å². The third-order valence-electron chi connectivity index (χ3n) is 4.77. The van der Waals surface area contributed by atoms with Gasteiger partial charge in [-0.3, -0.25) is 4.79 Å². The van der Waals surface area contributed by atoms with Gasteiger partial charge in [0.05, 0.1) is 25.8 Å². The van der Waals surface area contributed by atoms with Gasteiger partial charge in [0.2, 0.25) is 0 Å².